The van der Waals surface area contributed by atoms with Gasteiger partial charge in [-0.15, -0.1) is 11.6 Å². The van der Waals surface area contributed by atoms with Crippen molar-refractivity contribution >= 4 is 45.3 Å². The van der Waals surface area contributed by atoms with Crippen LogP contribution >= 0.6 is 34.8 Å². The van der Waals surface area contributed by atoms with Gasteiger partial charge in [-0.05, 0) is 47.0 Å². The van der Waals surface area contributed by atoms with Gasteiger partial charge in [0.15, 0.2) is 0 Å². The number of benzene rings is 1. The molecule has 0 amide bonds. The van der Waals surface area contributed by atoms with Gasteiger partial charge in [0.25, 0.3) is 10.5 Å². The molecule has 0 saturated carbocycles. The van der Waals surface area contributed by atoms with Gasteiger partial charge < -0.3 is 0 Å². The Bertz CT molecular complexity index is 386. The Labute approximate surface area is 97.2 Å². The molecule has 0 radical (unpaired) electrons. The lowest BCUT2D eigenvalue weighted by atomic mass is 10.1. The quantitative estimate of drug-likeness (QED) is 0.611. The summed E-state index contributed by atoms with van der Waals surface area (Å²) in [5.41, 5.74) is 0.485. The minimum absolute atomic E-state index is 0.0936. The first-order chi connectivity index (χ1) is 6.91. The highest BCUT2D eigenvalue weighted by atomic mass is 35.5. The maximum Gasteiger partial charge on any atom is 0.252 e. The highest BCUT2D eigenvalue weighted by molar-refractivity contribution is 6.69. The van der Waals surface area contributed by atoms with Crippen molar-refractivity contribution in [2.75, 3.05) is 0 Å². The molecule has 74 valence electrons. The lowest BCUT2D eigenvalue weighted by molar-refractivity contribution is 0.108. The second-order valence-corrected chi connectivity index (χ2v) is 3.41. The van der Waals surface area contributed by atoms with Crippen LogP contribution in [0.2, 0.25) is 0 Å². The van der Waals surface area contributed by atoms with Gasteiger partial charge in [-0.2, -0.15) is 0 Å². The van der Waals surface area contributed by atoms with E-state index in [1.807, 2.05) is 0 Å². The fourth-order valence-corrected chi connectivity index (χ4v) is 1.29. The molecule has 0 fully saturated rings. The van der Waals surface area contributed by atoms with Gasteiger partial charge in [-0.25, -0.2) is 0 Å². The Morgan fingerprint density at radius 1 is 1.14 bits per heavy atom. The minimum atomic E-state index is -1.07. The Kier molecular flexibility index (Phi) is 3.40. The molecule has 0 aliphatic heterocycles. The maximum atomic E-state index is 10.9. The SMILES string of the molecule is [2H]C(Cl)c1cc(C(=O)Cl)cc(C(=O)Cl)c1. The van der Waals surface area contributed by atoms with Crippen molar-refractivity contribution in [2.45, 2.75) is 5.86 Å². The van der Waals surface area contributed by atoms with Gasteiger partial charge in [-0.1, -0.05) is 0 Å². The normalized spacial score (nSPS) is 13.2. The third-order valence-corrected chi connectivity index (χ3v) is 2.22. The third-order valence-electron chi connectivity index (χ3n) is 1.54. The van der Waals surface area contributed by atoms with Crippen LogP contribution in [0.1, 0.15) is 27.7 Å². The van der Waals surface area contributed by atoms with Crippen LogP contribution in [0, 0.1) is 0 Å². The molecule has 0 heterocycles. The first-order valence-electron chi connectivity index (χ1n) is 4.10. The molecule has 0 aliphatic carbocycles. The summed E-state index contributed by atoms with van der Waals surface area (Å²) in [6.45, 7) is 0. The number of alkyl halides is 1. The average molecular weight is 253 g/mol. The van der Waals surface area contributed by atoms with E-state index in [9.17, 15) is 9.59 Å². The Morgan fingerprint density at radius 3 is 1.86 bits per heavy atom. The van der Waals surface area contributed by atoms with Gasteiger partial charge >= 0.3 is 0 Å². The van der Waals surface area contributed by atoms with E-state index in [1.54, 1.807) is 0 Å². The summed E-state index contributed by atoms with van der Waals surface area (Å²) in [6, 6.07) is 3.96. The van der Waals surface area contributed by atoms with E-state index >= 15 is 0 Å². The highest BCUT2D eigenvalue weighted by Crippen LogP contribution is 2.15. The van der Waals surface area contributed by atoms with Crippen molar-refractivity contribution in [2.24, 2.45) is 0 Å². The van der Waals surface area contributed by atoms with Gasteiger partial charge in [0.05, 0.1) is 0 Å². The van der Waals surface area contributed by atoms with Crippen LogP contribution < -0.4 is 0 Å². The van der Waals surface area contributed by atoms with Gasteiger partial charge in [0.1, 0.15) is 0 Å². The van der Waals surface area contributed by atoms with Crippen LogP contribution in [-0.2, 0) is 5.86 Å². The molecule has 0 aromatic heterocycles. The van der Waals surface area contributed by atoms with E-state index < -0.39 is 16.3 Å². The molecule has 1 rings (SSSR count). The molecular weight excluding hydrogens is 246 g/mol. The zero-order valence-electron chi connectivity index (χ0n) is 7.76. The summed E-state index contributed by atoms with van der Waals surface area (Å²) in [4.78, 5) is 21.8. The van der Waals surface area contributed by atoms with Crippen molar-refractivity contribution in [3.8, 4) is 0 Å². The van der Waals surface area contributed by atoms with Crippen molar-refractivity contribution in [1.82, 2.24) is 0 Å². The molecule has 0 aliphatic rings. The number of hydrogen-bond acceptors (Lipinski definition) is 2. The zero-order valence-corrected chi connectivity index (χ0v) is 9.03. The number of carbonyl (C=O) groups excluding carboxylic acids is 2. The number of carbonyl (C=O) groups is 2. The molecule has 14 heavy (non-hydrogen) atoms. The van der Waals surface area contributed by atoms with Crippen LogP contribution in [-0.4, -0.2) is 10.5 Å². The second-order valence-electron chi connectivity index (χ2n) is 2.50. The molecule has 1 unspecified atom stereocenters. The topological polar surface area (TPSA) is 34.1 Å². The van der Waals surface area contributed by atoms with E-state index in [0.29, 0.717) is 5.56 Å². The lowest BCUT2D eigenvalue weighted by Gasteiger charge is -2.01. The maximum absolute atomic E-state index is 10.9. The first-order valence-corrected chi connectivity index (χ1v) is 4.72. The van der Waals surface area contributed by atoms with E-state index in [-0.39, 0.29) is 11.1 Å². The van der Waals surface area contributed by atoms with Crippen LogP contribution in [0.5, 0.6) is 0 Å². The van der Waals surface area contributed by atoms with Crippen LogP contribution in [0.3, 0.4) is 0 Å². The number of hydrogen-bond donors (Lipinski definition) is 0. The number of halogens is 3. The van der Waals surface area contributed by atoms with Crippen molar-refractivity contribution in [3.05, 3.63) is 34.9 Å². The van der Waals surface area contributed by atoms with E-state index in [1.165, 1.54) is 18.2 Å². The van der Waals surface area contributed by atoms with Crippen molar-refractivity contribution < 1.29 is 11.0 Å². The van der Waals surface area contributed by atoms with E-state index in [2.05, 4.69) is 0 Å². The summed E-state index contributed by atoms with van der Waals surface area (Å²) >= 11 is 16.0. The largest absolute Gasteiger partial charge is 0.276 e. The van der Waals surface area contributed by atoms with Crippen molar-refractivity contribution in [1.29, 1.82) is 0 Å². The predicted octanol–water partition coefficient (Wildman–Crippen LogP) is 3.18. The fourth-order valence-electron chi connectivity index (χ4n) is 0.942. The summed E-state index contributed by atoms with van der Waals surface area (Å²) in [5, 5.41) is -1.46. The molecule has 1 atom stereocenters. The average Bonchev–Trinajstić information content (AvgIpc) is 2.16. The molecule has 1 aromatic carbocycles. The minimum Gasteiger partial charge on any atom is -0.276 e. The van der Waals surface area contributed by atoms with E-state index in [0.717, 1.165) is 0 Å². The van der Waals surface area contributed by atoms with Gasteiger partial charge in [-0.3, -0.25) is 9.59 Å². The Hall–Kier alpha value is -0.570. The summed E-state index contributed by atoms with van der Waals surface area (Å²) in [7, 11) is 0. The number of rotatable bonds is 3. The zero-order chi connectivity index (χ0) is 11.6. The molecule has 5 heteroatoms. The lowest BCUT2D eigenvalue weighted by Crippen LogP contribution is -1.97. The molecular formula is C9H5Cl3O2. The van der Waals surface area contributed by atoms with Gasteiger partial charge in [0.2, 0.25) is 0 Å². The predicted molar refractivity (Wildman–Crippen MR) is 56.4 cm³/mol. The Morgan fingerprint density at radius 2 is 1.57 bits per heavy atom. The fraction of sp³-hybridized carbons (Fsp3) is 0.111. The smallest absolute Gasteiger partial charge is 0.252 e. The molecule has 0 spiro atoms. The molecule has 0 saturated heterocycles. The van der Waals surface area contributed by atoms with Crippen LogP contribution in [0.25, 0.3) is 0 Å². The highest BCUT2D eigenvalue weighted by Gasteiger charge is 2.09. The summed E-state index contributed by atoms with van der Waals surface area (Å²) in [6.07, 6.45) is 0. The van der Waals surface area contributed by atoms with Gasteiger partial charge in [0, 0.05) is 18.4 Å². The summed E-state index contributed by atoms with van der Waals surface area (Å²) in [5.74, 6) is -1.07. The van der Waals surface area contributed by atoms with Crippen LogP contribution in [0.15, 0.2) is 18.2 Å². The van der Waals surface area contributed by atoms with Crippen molar-refractivity contribution in [3.63, 3.8) is 0 Å². The molecule has 1 aromatic rings. The third kappa shape index (κ3) is 2.71. The standard InChI is InChI=1S/C9H5Cl3O2/c10-4-5-1-6(8(11)13)3-7(2-5)9(12)14/h1-3H,4H2/i4D. The van der Waals surface area contributed by atoms with E-state index in [4.69, 9.17) is 36.2 Å². The Balaban J connectivity index is 3.32. The second kappa shape index (κ2) is 4.78. The first kappa shape index (κ1) is 9.97. The molecule has 0 bridgehead atoms. The van der Waals surface area contributed by atoms with Crippen LogP contribution in [0.4, 0.5) is 0 Å². The molecule has 2 nitrogen and oxygen atoms in total. The summed E-state index contributed by atoms with van der Waals surface area (Å²) < 4.78 is 7.25. The molecule has 0 N–H and O–H groups in total. The monoisotopic (exact) mass is 251 g/mol.